The lowest BCUT2D eigenvalue weighted by atomic mass is 9.85. The maximum Gasteiger partial charge on any atom is 0.327 e. The molecule has 0 bridgehead atoms. The van der Waals surface area contributed by atoms with E-state index in [9.17, 15) is 24.8 Å². The van der Waals surface area contributed by atoms with Crippen LogP contribution in [0.2, 0.25) is 0 Å². The predicted octanol–water partition coefficient (Wildman–Crippen LogP) is 1.76. The number of amides is 2. The number of carboxylic acid groups (broad SMARTS) is 1. The Morgan fingerprint density at radius 3 is 2.43 bits per heavy atom. The monoisotopic (exact) mass is 448 g/mol. The topological polar surface area (TPSA) is 114 Å². The second kappa shape index (κ2) is 7.71. The van der Waals surface area contributed by atoms with Gasteiger partial charge in [0.25, 0.3) is 5.91 Å². The smallest absolute Gasteiger partial charge is 0.327 e. The van der Waals surface area contributed by atoms with Gasteiger partial charge >= 0.3 is 5.97 Å². The van der Waals surface area contributed by atoms with E-state index >= 15 is 0 Å². The molecule has 2 N–H and O–H groups in total. The summed E-state index contributed by atoms with van der Waals surface area (Å²) in [7, 11) is 3.88. The summed E-state index contributed by atoms with van der Waals surface area (Å²) in [5, 5.41) is 20.6. The summed E-state index contributed by atoms with van der Waals surface area (Å²) in [6, 6.07) is 8.62. The van der Waals surface area contributed by atoms with Gasteiger partial charge in [0, 0.05) is 29.4 Å². The first-order valence-electron chi connectivity index (χ1n) is 9.35. The maximum absolute atomic E-state index is 12.8. The van der Waals surface area contributed by atoms with E-state index in [2.05, 4.69) is 5.32 Å². The third kappa shape index (κ3) is 3.50. The number of carboxylic acids is 1. The number of rotatable bonds is 6. The van der Waals surface area contributed by atoms with E-state index in [-0.39, 0.29) is 0 Å². The molecule has 3 rings (SSSR count). The Morgan fingerprint density at radius 1 is 1.33 bits per heavy atom. The Hall–Kier alpha value is -2.38. The molecule has 0 aromatic heterocycles. The average molecular weight is 449 g/mol. The zero-order valence-electron chi connectivity index (χ0n) is 17.4. The van der Waals surface area contributed by atoms with Gasteiger partial charge in [0.15, 0.2) is 0 Å². The van der Waals surface area contributed by atoms with Crippen molar-refractivity contribution in [2.24, 2.45) is 0 Å². The number of nitrogens with one attached hydrogen (secondary N) is 1. The Bertz CT molecular complexity index is 928. The molecule has 8 nitrogen and oxygen atoms in total. The normalized spacial score (nSPS) is 27.5. The number of β-lactam (4-membered cyclic amide) rings is 1. The van der Waals surface area contributed by atoms with E-state index in [1.165, 1.54) is 28.4 Å². The van der Waals surface area contributed by atoms with E-state index < -0.39 is 44.7 Å². The molecule has 2 saturated heterocycles. The molecule has 160 valence electrons. The molecular weight excluding hydrogens is 424 g/mol. The minimum absolute atomic E-state index is 0.441. The summed E-state index contributed by atoms with van der Waals surface area (Å²) in [6.07, 6.45) is 0. The third-order valence-electron chi connectivity index (χ3n) is 5.31. The van der Waals surface area contributed by atoms with Gasteiger partial charge in [-0.1, -0.05) is 0 Å². The fourth-order valence-electron chi connectivity index (χ4n) is 3.68. The second-order valence-electron chi connectivity index (χ2n) is 8.08. The van der Waals surface area contributed by atoms with Crippen LogP contribution in [0.1, 0.15) is 20.8 Å². The van der Waals surface area contributed by atoms with Crippen molar-refractivity contribution in [3.8, 4) is 6.07 Å². The van der Waals surface area contributed by atoms with Crippen molar-refractivity contribution in [3.05, 3.63) is 24.3 Å². The lowest BCUT2D eigenvalue weighted by Gasteiger charge is -2.49. The second-order valence-corrected chi connectivity index (χ2v) is 11.2. The Morgan fingerprint density at radius 2 is 1.93 bits per heavy atom. The number of aliphatic carboxylic acids is 1. The van der Waals surface area contributed by atoms with Crippen LogP contribution in [0.5, 0.6) is 0 Å². The van der Waals surface area contributed by atoms with Crippen molar-refractivity contribution >= 4 is 47.0 Å². The van der Waals surface area contributed by atoms with Crippen LogP contribution < -0.4 is 10.2 Å². The van der Waals surface area contributed by atoms with Crippen LogP contribution in [0, 0.1) is 11.3 Å². The molecule has 1 unspecified atom stereocenters. The van der Waals surface area contributed by atoms with Crippen molar-refractivity contribution in [2.45, 2.75) is 52.6 Å². The summed E-state index contributed by atoms with van der Waals surface area (Å²) < 4.78 is -0.774. The van der Waals surface area contributed by atoms with E-state index in [4.69, 9.17) is 0 Å². The highest BCUT2D eigenvalue weighted by molar-refractivity contribution is 8.01. The van der Waals surface area contributed by atoms with E-state index in [1.807, 2.05) is 49.3 Å². The summed E-state index contributed by atoms with van der Waals surface area (Å²) in [4.78, 5) is 41.4. The molecule has 30 heavy (non-hydrogen) atoms. The number of hydrogen-bond acceptors (Lipinski definition) is 7. The molecule has 2 aliphatic heterocycles. The van der Waals surface area contributed by atoms with Crippen LogP contribution in [0.3, 0.4) is 0 Å². The Labute approximate surface area is 184 Å². The SMILES string of the molecule is CC(Sc1ccc(N(C)C)cc1)C(=O)N[C@@]1(C#N)C(=O)N2[C@@H](C(=O)O)C(C)(C)S[C@@H]21. The highest BCUT2D eigenvalue weighted by Gasteiger charge is 2.73. The van der Waals surface area contributed by atoms with Gasteiger partial charge in [0.1, 0.15) is 17.5 Å². The van der Waals surface area contributed by atoms with Crippen LogP contribution in [0.15, 0.2) is 29.2 Å². The highest BCUT2D eigenvalue weighted by Crippen LogP contribution is 2.54. The van der Waals surface area contributed by atoms with Crippen LogP contribution in [-0.2, 0) is 14.4 Å². The largest absolute Gasteiger partial charge is 0.480 e. The summed E-state index contributed by atoms with van der Waals surface area (Å²) in [5.74, 6) is -2.23. The molecule has 2 heterocycles. The van der Waals surface area contributed by atoms with Crippen molar-refractivity contribution < 1.29 is 19.5 Å². The first-order chi connectivity index (χ1) is 13.9. The van der Waals surface area contributed by atoms with Gasteiger partial charge in [-0.2, -0.15) is 5.26 Å². The first kappa shape index (κ1) is 22.3. The standard InChI is InChI=1S/C20H24N4O4S2/c1-11(29-13-8-6-12(7-9-13)23(4)5)15(25)22-20(10-21)17(28)24-14(16(26)27)19(2,3)30-18(20)24/h6-9,11,14,18H,1-5H3,(H,22,25)(H,26,27)/t11?,14-,18+,20-/m0/s1. The number of carbonyl (C=O) groups is 3. The molecule has 0 aliphatic carbocycles. The van der Waals surface area contributed by atoms with Gasteiger partial charge < -0.3 is 20.2 Å². The molecule has 2 fully saturated rings. The molecule has 1 aromatic rings. The number of anilines is 1. The molecule has 10 heteroatoms. The zero-order chi connectivity index (χ0) is 22.4. The van der Waals surface area contributed by atoms with E-state index in [0.717, 1.165) is 10.6 Å². The molecule has 0 spiro atoms. The first-order valence-corrected chi connectivity index (χ1v) is 11.1. The number of benzene rings is 1. The zero-order valence-corrected chi connectivity index (χ0v) is 19.0. The van der Waals surface area contributed by atoms with Gasteiger partial charge in [-0.3, -0.25) is 9.59 Å². The Kier molecular flexibility index (Phi) is 5.73. The summed E-state index contributed by atoms with van der Waals surface area (Å²) in [6.45, 7) is 5.15. The van der Waals surface area contributed by atoms with Crippen LogP contribution in [-0.4, -0.2) is 68.8 Å². The van der Waals surface area contributed by atoms with E-state index in [0.29, 0.717) is 0 Å². The minimum Gasteiger partial charge on any atom is -0.480 e. The molecule has 2 aliphatic rings. The molecule has 0 radical (unpaired) electrons. The van der Waals surface area contributed by atoms with Crippen molar-refractivity contribution in [1.82, 2.24) is 10.2 Å². The number of nitriles is 1. The molecular formula is C20H24N4O4S2. The lowest BCUT2D eigenvalue weighted by Crippen LogP contribution is -2.79. The van der Waals surface area contributed by atoms with Crippen molar-refractivity contribution in [2.75, 3.05) is 19.0 Å². The van der Waals surface area contributed by atoms with Crippen LogP contribution >= 0.6 is 23.5 Å². The lowest BCUT2D eigenvalue weighted by molar-refractivity contribution is -0.165. The van der Waals surface area contributed by atoms with Crippen molar-refractivity contribution in [1.29, 1.82) is 5.26 Å². The third-order valence-corrected chi connectivity index (χ3v) is 8.06. The molecule has 4 atom stereocenters. The number of thioether (sulfide) groups is 2. The summed E-state index contributed by atoms with van der Waals surface area (Å²) >= 11 is 2.55. The van der Waals surface area contributed by atoms with Gasteiger partial charge in [-0.25, -0.2) is 4.79 Å². The quantitative estimate of drug-likeness (QED) is 0.500. The average Bonchev–Trinajstić information content (AvgIpc) is 2.95. The highest BCUT2D eigenvalue weighted by atomic mass is 32.2. The van der Waals surface area contributed by atoms with Gasteiger partial charge in [-0.15, -0.1) is 23.5 Å². The fourth-order valence-corrected chi connectivity index (χ4v) is 6.19. The van der Waals surface area contributed by atoms with Crippen molar-refractivity contribution in [3.63, 3.8) is 0 Å². The number of fused-ring (bicyclic) bond motifs is 1. The number of hydrogen-bond donors (Lipinski definition) is 2. The molecule has 2 amide bonds. The minimum atomic E-state index is -1.74. The van der Waals surface area contributed by atoms with Crippen LogP contribution in [0.25, 0.3) is 0 Å². The Balaban J connectivity index is 1.73. The molecule has 0 saturated carbocycles. The van der Waals surface area contributed by atoms with Gasteiger partial charge in [0.2, 0.25) is 11.4 Å². The van der Waals surface area contributed by atoms with Gasteiger partial charge in [0.05, 0.1) is 5.25 Å². The number of nitrogens with zero attached hydrogens (tertiary/aromatic N) is 3. The summed E-state index contributed by atoms with van der Waals surface area (Å²) in [5.41, 5.74) is -0.707. The maximum atomic E-state index is 12.8. The van der Waals surface area contributed by atoms with E-state index in [1.54, 1.807) is 20.8 Å². The fraction of sp³-hybridized carbons (Fsp3) is 0.500. The molecule has 1 aromatic carbocycles. The van der Waals surface area contributed by atoms with Gasteiger partial charge in [-0.05, 0) is 45.0 Å². The van der Waals surface area contributed by atoms with Crippen LogP contribution in [0.4, 0.5) is 5.69 Å². The predicted molar refractivity (Wildman–Crippen MR) is 116 cm³/mol. The number of carbonyl (C=O) groups excluding carboxylic acids is 2.